The van der Waals surface area contributed by atoms with Crippen LogP contribution in [0.1, 0.15) is 31.9 Å². The monoisotopic (exact) mass is 567 g/mol. The molecule has 0 saturated heterocycles. The lowest BCUT2D eigenvalue weighted by atomic mass is 10.1. The molecule has 1 N–H and O–H groups in total. The summed E-state index contributed by atoms with van der Waals surface area (Å²) in [5.74, 6) is -0.156. The van der Waals surface area contributed by atoms with E-state index >= 15 is 0 Å². The van der Waals surface area contributed by atoms with Crippen molar-refractivity contribution in [3.8, 4) is 11.5 Å². The maximum atomic E-state index is 14.0. The smallest absolute Gasteiger partial charge is 0.264 e. The molecular formula is C30H37N3O6S. The second kappa shape index (κ2) is 13.3. The Hall–Kier alpha value is -4.05. The molecule has 1 atom stereocenters. The highest BCUT2D eigenvalue weighted by Gasteiger charge is 2.33. The number of aryl methyl sites for hydroxylation is 1. The number of nitrogens with zero attached hydrogens (tertiary/aromatic N) is 2. The molecule has 0 heterocycles. The van der Waals surface area contributed by atoms with Crippen molar-refractivity contribution in [1.29, 1.82) is 0 Å². The Labute approximate surface area is 236 Å². The maximum absolute atomic E-state index is 14.0. The number of carbonyl (C=O) groups is 2. The molecule has 0 aliphatic rings. The van der Waals surface area contributed by atoms with Crippen molar-refractivity contribution in [2.45, 2.75) is 51.2 Å². The summed E-state index contributed by atoms with van der Waals surface area (Å²) in [7, 11) is -1.27. The number of anilines is 1. The lowest BCUT2D eigenvalue weighted by molar-refractivity contribution is -0.139. The van der Waals surface area contributed by atoms with E-state index in [0.717, 1.165) is 15.4 Å². The first-order valence-corrected chi connectivity index (χ1v) is 14.4. The van der Waals surface area contributed by atoms with Crippen LogP contribution in [0, 0.1) is 6.92 Å². The molecule has 0 aliphatic heterocycles. The standard InChI is InChI=1S/C30H37N3O6S/c1-21(2)31-30(35)23(4)32(19-24-10-8-7-9-11-24)29(34)20-33(25-14-17-27(38-5)28(18-25)39-6)40(36,37)26-15-12-22(3)13-16-26/h7-18,21,23H,19-20H2,1-6H3,(H,31,35). The SMILES string of the molecule is COc1ccc(N(CC(=O)N(Cc2ccccc2)C(C)C(=O)NC(C)C)S(=O)(=O)c2ccc(C)cc2)cc1OC. The van der Waals surface area contributed by atoms with Crippen molar-refractivity contribution in [2.75, 3.05) is 25.1 Å². The number of hydrogen-bond donors (Lipinski definition) is 1. The van der Waals surface area contributed by atoms with Crippen LogP contribution in [0.5, 0.6) is 11.5 Å². The van der Waals surface area contributed by atoms with Crippen LogP contribution in [-0.2, 0) is 26.2 Å². The van der Waals surface area contributed by atoms with E-state index in [4.69, 9.17) is 9.47 Å². The number of amides is 2. The average Bonchev–Trinajstić information content (AvgIpc) is 2.94. The number of nitrogens with one attached hydrogen (secondary N) is 1. The van der Waals surface area contributed by atoms with Gasteiger partial charge < -0.3 is 19.7 Å². The third-order valence-electron chi connectivity index (χ3n) is 6.34. The maximum Gasteiger partial charge on any atom is 0.264 e. The van der Waals surface area contributed by atoms with Gasteiger partial charge in [0.15, 0.2) is 11.5 Å². The fourth-order valence-corrected chi connectivity index (χ4v) is 5.52. The van der Waals surface area contributed by atoms with Crippen molar-refractivity contribution < 1.29 is 27.5 Å². The van der Waals surface area contributed by atoms with Gasteiger partial charge in [0.2, 0.25) is 11.8 Å². The molecule has 40 heavy (non-hydrogen) atoms. The lowest BCUT2D eigenvalue weighted by Crippen LogP contribution is -2.52. The predicted octanol–water partition coefficient (Wildman–Crippen LogP) is 4.15. The summed E-state index contributed by atoms with van der Waals surface area (Å²) in [5, 5.41) is 2.84. The molecule has 0 bridgehead atoms. The third kappa shape index (κ3) is 7.32. The fraction of sp³-hybridized carbons (Fsp3) is 0.333. The zero-order valence-electron chi connectivity index (χ0n) is 23.7. The van der Waals surface area contributed by atoms with Gasteiger partial charge in [-0.1, -0.05) is 48.0 Å². The number of ether oxygens (including phenoxy) is 2. The van der Waals surface area contributed by atoms with Crippen LogP contribution in [0.25, 0.3) is 0 Å². The molecule has 10 heteroatoms. The molecule has 3 rings (SSSR count). The van der Waals surface area contributed by atoms with Crippen LogP contribution < -0.4 is 19.1 Å². The van der Waals surface area contributed by atoms with Gasteiger partial charge in [0.1, 0.15) is 12.6 Å². The average molecular weight is 568 g/mol. The molecule has 214 valence electrons. The highest BCUT2D eigenvalue weighted by atomic mass is 32.2. The zero-order chi connectivity index (χ0) is 29.4. The highest BCUT2D eigenvalue weighted by Crippen LogP contribution is 2.34. The molecule has 0 radical (unpaired) electrons. The summed E-state index contributed by atoms with van der Waals surface area (Å²) >= 11 is 0. The van der Waals surface area contributed by atoms with Crippen LogP contribution in [0.15, 0.2) is 77.7 Å². The molecule has 0 saturated carbocycles. The normalized spacial score (nSPS) is 12.0. The summed E-state index contributed by atoms with van der Waals surface area (Å²) in [4.78, 5) is 28.4. The van der Waals surface area contributed by atoms with Crippen LogP contribution in [0.4, 0.5) is 5.69 Å². The van der Waals surface area contributed by atoms with Gasteiger partial charge in [-0.2, -0.15) is 0 Å². The van der Waals surface area contributed by atoms with Gasteiger partial charge in [-0.15, -0.1) is 0 Å². The second-order valence-electron chi connectivity index (χ2n) is 9.71. The minimum Gasteiger partial charge on any atom is -0.493 e. The number of sulfonamides is 1. The van der Waals surface area contributed by atoms with Crippen LogP contribution >= 0.6 is 0 Å². The van der Waals surface area contributed by atoms with E-state index in [2.05, 4.69) is 5.32 Å². The van der Waals surface area contributed by atoms with Crippen LogP contribution in [-0.4, -0.2) is 58.0 Å². The van der Waals surface area contributed by atoms with Gasteiger partial charge in [0.25, 0.3) is 10.0 Å². The Balaban J connectivity index is 2.08. The van der Waals surface area contributed by atoms with Crippen LogP contribution in [0.2, 0.25) is 0 Å². The molecular weight excluding hydrogens is 530 g/mol. The molecule has 2 amide bonds. The summed E-state index contributed by atoms with van der Waals surface area (Å²) < 4.78 is 39.7. The van der Waals surface area contributed by atoms with Crippen molar-refractivity contribution >= 4 is 27.5 Å². The fourth-order valence-electron chi connectivity index (χ4n) is 4.11. The van der Waals surface area contributed by atoms with E-state index in [1.165, 1.54) is 37.3 Å². The Morgan fingerprint density at radius 3 is 2.08 bits per heavy atom. The Morgan fingerprint density at radius 2 is 1.50 bits per heavy atom. The first-order valence-electron chi connectivity index (χ1n) is 12.9. The number of methoxy groups -OCH3 is 2. The van der Waals surface area contributed by atoms with Gasteiger partial charge in [-0.25, -0.2) is 8.42 Å². The van der Waals surface area contributed by atoms with Crippen molar-refractivity contribution in [3.63, 3.8) is 0 Å². The summed E-state index contributed by atoms with van der Waals surface area (Å²) in [6.45, 7) is 6.74. The van der Waals surface area contributed by atoms with E-state index in [1.807, 2.05) is 51.1 Å². The van der Waals surface area contributed by atoms with Gasteiger partial charge >= 0.3 is 0 Å². The third-order valence-corrected chi connectivity index (χ3v) is 8.13. The largest absolute Gasteiger partial charge is 0.493 e. The molecule has 3 aromatic carbocycles. The quantitative estimate of drug-likeness (QED) is 0.353. The number of benzene rings is 3. The molecule has 1 unspecified atom stereocenters. The van der Waals surface area contributed by atoms with Crippen LogP contribution in [0.3, 0.4) is 0 Å². The van der Waals surface area contributed by atoms with Gasteiger partial charge in [0.05, 0.1) is 24.8 Å². The molecule has 0 aromatic heterocycles. The van der Waals surface area contributed by atoms with E-state index in [9.17, 15) is 18.0 Å². The second-order valence-corrected chi connectivity index (χ2v) is 11.6. The summed E-state index contributed by atoms with van der Waals surface area (Å²) in [6.07, 6.45) is 0. The van der Waals surface area contributed by atoms with E-state index in [1.54, 1.807) is 31.2 Å². The number of carbonyl (C=O) groups excluding carboxylic acids is 2. The lowest BCUT2D eigenvalue weighted by Gasteiger charge is -2.32. The predicted molar refractivity (Wildman–Crippen MR) is 155 cm³/mol. The summed E-state index contributed by atoms with van der Waals surface area (Å²) in [6, 6.07) is 19.3. The molecule has 0 fully saturated rings. The van der Waals surface area contributed by atoms with Crippen molar-refractivity contribution in [3.05, 3.63) is 83.9 Å². The Morgan fingerprint density at radius 1 is 0.875 bits per heavy atom. The molecule has 0 spiro atoms. The highest BCUT2D eigenvalue weighted by molar-refractivity contribution is 7.92. The van der Waals surface area contributed by atoms with Gasteiger partial charge in [0, 0.05) is 18.7 Å². The van der Waals surface area contributed by atoms with E-state index < -0.39 is 28.5 Å². The zero-order valence-corrected chi connectivity index (χ0v) is 24.6. The number of rotatable bonds is 12. The van der Waals surface area contributed by atoms with Gasteiger partial charge in [-0.3, -0.25) is 13.9 Å². The molecule has 3 aromatic rings. The molecule has 9 nitrogen and oxygen atoms in total. The molecule has 0 aliphatic carbocycles. The minimum atomic E-state index is -4.19. The van der Waals surface area contributed by atoms with Crippen molar-refractivity contribution in [2.24, 2.45) is 0 Å². The topological polar surface area (TPSA) is 105 Å². The first-order chi connectivity index (χ1) is 19.0. The van der Waals surface area contributed by atoms with E-state index in [-0.39, 0.29) is 29.1 Å². The summed E-state index contributed by atoms with van der Waals surface area (Å²) in [5.41, 5.74) is 1.91. The minimum absolute atomic E-state index is 0.0286. The number of hydrogen-bond acceptors (Lipinski definition) is 6. The first kappa shape index (κ1) is 30.5. The Kier molecular flexibility index (Phi) is 10.2. The Bertz CT molecular complexity index is 1410. The van der Waals surface area contributed by atoms with Crippen molar-refractivity contribution in [1.82, 2.24) is 10.2 Å². The van der Waals surface area contributed by atoms with E-state index in [0.29, 0.717) is 11.5 Å². The van der Waals surface area contributed by atoms with Gasteiger partial charge in [-0.05, 0) is 57.5 Å².